The maximum absolute atomic E-state index is 14.7. The molecular formula is C43H46ClNO12. The third-order valence-corrected chi connectivity index (χ3v) is 13.2. The van der Waals surface area contributed by atoms with Crippen LogP contribution in [0.3, 0.4) is 0 Å². The first-order valence-corrected chi connectivity index (χ1v) is 19.2. The van der Waals surface area contributed by atoms with Crippen molar-refractivity contribution in [2.24, 2.45) is 16.7 Å². The van der Waals surface area contributed by atoms with Gasteiger partial charge in [0, 0.05) is 34.8 Å². The van der Waals surface area contributed by atoms with Crippen molar-refractivity contribution >= 4 is 35.2 Å². The van der Waals surface area contributed by atoms with E-state index in [-0.39, 0.29) is 35.3 Å². The smallest absolute Gasteiger partial charge is 0.338 e. The fraction of sp³-hybridized carbons (Fsp3) is 0.442. The molecule has 1 aliphatic heterocycles. The van der Waals surface area contributed by atoms with Crippen LogP contribution in [0.4, 0.5) is 0 Å². The Labute approximate surface area is 334 Å². The van der Waals surface area contributed by atoms with Gasteiger partial charge in [-0.1, -0.05) is 74.0 Å². The van der Waals surface area contributed by atoms with E-state index in [9.17, 15) is 44.7 Å². The predicted molar refractivity (Wildman–Crippen MR) is 204 cm³/mol. The lowest BCUT2D eigenvalue weighted by molar-refractivity contribution is -0.343. The van der Waals surface area contributed by atoms with Gasteiger partial charge in [-0.05, 0) is 67.0 Å². The number of rotatable bonds is 8. The van der Waals surface area contributed by atoms with Crippen LogP contribution >= 0.6 is 11.6 Å². The van der Waals surface area contributed by atoms with E-state index in [1.54, 1.807) is 62.4 Å². The third-order valence-electron chi connectivity index (χ3n) is 13.0. The normalized spacial score (nSPS) is 33.9. The van der Waals surface area contributed by atoms with Crippen molar-refractivity contribution in [3.63, 3.8) is 0 Å². The largest absolute Gasteiger partial charge is 0.456 e. The van der Waals surface area contributed by atoms with Crippen LogP contribution in [0.1, 0.15) is 72.9 Å². The highest BCUT2D eigenvalue weighted by atomic mass is 35.5. The molecule has 11 atom stereocenters. The molecule has 1 heterocycles. The fourth-order valence-electron chi connectivity index (χ4n) is 9.55. The zero-order chi connectivity index (χ0) is 41.2. The molecule has 2 bridgehead atoms. The molecule has 0 radical (unpaired) electrons. The van der Waals surface area contributed by atoms with E-state index in [0.717, 1.165) is 0 Å². The summed E-state index contributed by atoms with van der Waals surface area (Å²) in [4.78, 5) is 56.1. The van der Waals surface area contributed by atoms with Gasteiger partial charge < -0.3 is 45.1 Å². The number of nitrogens with one attached hydrogen (secondary N) is 1. The zero-order valence-corrected chi connectivity index (χ0v) is 32.6. The lowest BCUT2D eigenvalue weighted by atomic mass is 9.44. The summed E-state index contributed by atoms with van der Waals surface area (Å²) < 4.78 is 17.9. The molecule has 3 aromatic carbocycles. The average Bonchev–Trinajstić information content (AvgIpc) is 3.19. The van der Waals surface area contributed by atoms with Crippen molar-refractivity contribution in [1.82, 2.24) is 5.32 Å². The number of ether oxygens (including phenoxy) is 3. The number of hydrogen-bond acceptors (Lipinski definition) is 12. The van der Waals surface area contributed by atoms with Gasteiger partial charge in [0.25, 0.3) is 5.91 Å². The van der Waals surface area contributed by atoms with Gasteiger partial charge in [-0.15, -0.1) is 0 Å². The molecule has 57 heavy (non-hydrogen) atoms. The van der Waals surface area contributed by atoms with Gasteiger partial charge >= 0.3 is 11.9 Å². The van der Waals surface area contributed by atoms with E-state index in [4.69, 9.17) is 25.8 Å². The first-order valence-electron chi connectivity index (χ1n) is 18.8. The Morgan fingerprint density at radius 3 is 2.11 bits per heavy atom. The number of aliphatic hydroxyl groups is 5. The lowest BCUT2D eigenvalue weighted by Gasteiger charge is -2.66. The highest BCUT2D eigenvalue weighted by molar-refractivity contribution is 6.30. The number of Topliss-reactive ketones (excluding diaryl/α,β-unsaturated/α-hetero) is 1. The summed E-state index contributed by atoms with van der Waals surface area (Å²) in [5.41, 5.74) is -7.00. The molecule has 7 rings (SSSR count). The van der Waals surface area contributed by atoms with Gasteiger partial charge in [0.15, 0.2) is 11.9 Å². The van der Waals surface area contributed by atoms with Crippen LogP contribution in [-0.2, 0) is 23.8 Å². The third kappa shape index (κ3) is 6.49. The standard InChI is InChI=1S/C43H46ClNO12/c1-22-27(56-39(52)33(48)31(23-11-7-5-8-12-23)45-37(50)24-15-17-26(44)18-16-24)20-43(54)36(57-38(51)25-13-9-6-10-14-25)34-41(4,28(46)19-29-42(34,53)21-55-29)35(49)32(47)30(22)40(43,2)3/h5-18,27-29,31-34,36,46-48,53-54H,19-21H2,1-4H3,(H,45,50)/t27?,28?,29?,31?,32?,33?,34?,36?,41-,42?,43?/m1/s1. The summed E-state index contributed by atoms with van der Waals surface area (Å²) in [7, 11) is 0. The summed E-state index contributed by atoms with van der Waals surface area (Å²) in [5.74, 6) is -5.17. The van der Waals surface area contributed by atoms with Crippen molar-refractivity contribution in [1.29, 1.82) is 0 Å². The van der Waals surface area contributed by atoms with Crippen LogP contribution in [0.15, 0.2) is 96.1 Å². The number of aliphatic hydroxyl groups excluding tert-OH is 3. The van der Waals surface area contributed by atoms with Crippen molar-refractivity contribution < 1.29 is 58.9 Å². The number of amides is 1. The molecule has 1 amide bonds. The molecule has 3 aromatic rings. The number of ketones is 1. The Kier molecular flexibility index (Phi) is 10.5. The second-order valence-corrected chi connectivity index (χ2v) is 16.8. The SMILES string of the molecule is CC1=C2C(O)C(=O)[C@]3(C)C(O)CC4OCC4(O)C3C(OC(=O)c3ccccc3)C(O)(CC1OC(=O)C(O)C(NC(=O)c1ccc(Cl)cc1)c1ccccc1)C2(C)C. The minimum absolute atomic E-state index is 0.0456. The summed E-state index contributed by atoms with van der Waals surface area (Å²) in [5, 5.41) is 64.0. The Hall–Kier alpha value is -4.47. The quantitative estimate of drug-likeness (QED) is 0.143. The van der Waals surface area contributed by atoms with E-state index < -0.39 is 101 Å². The molecule has 0 aromatic heterocycles. The van der Waals surface area contributed by atoms with Crippen LogP contribution in [-0.4, -0.2) is 104 Å². The minimum atomic E-state index is -2.32. The Morgan fingerprint density at radius 1 is 0.895 bits per heavy atom. The lowest BCUT2D eigenvalue weighted by Crippen LogP contribution is -2.81. The van der Waals surface area contributed by atoms with E-state index in [1.165, 1.54) is 50.2 Å². The average molecular weight is 804 g/mol. The molecule has 10 unspecified atom stereocenters. The molecule has 302 valence electrons. The second kappa shape index (κ2) is 14.7. The molecule has 6 N–H and O–H groups in total. The van der Waals surface area contributed by atoms with E-state index in [0.29, 0.717) is 10.6 Å². The summed E-state index contributed by atoms with van der Waals surface area (Å²) >= 11 is 6.00. The highest BCUT2D eigenvalue weighted by Gasteiger charge is 2.76. The van der Waals surface area contributed by atoms with Gasteiger partial charge in [-0.3, -0.25) is 9.59 Å². The van der Waals surface area contributed by atoms with Gasteiger partial charge in [0.2, 0.25) is 0 Å². The maximum atomic E-state index is 14.7. The summed E-state index contributed by atoms with van der Waals surface area (Å²) in [6.45, 7) is 5.68. The number of carbonyl (C=O) groups is 4. The van der Waals surface area contributed by atoms with Crippen LogP contribution < -0.4 is 5.32 Å². The first-order chi connectivity index (χ1) is 26.9. The van der Waals surface area contributed by atoms with Crippen LogP contribution in [0.25, 0.3) is 0 Å². The monoisotopic (exact) mass is 803 g/mol. The molecule has 2 saturated carbocycles. The van der Waals surface area contributed by atoms with Gasteiger partial charge in [0.1, 0.15) is 29.5 Å². The molecule has 0 spiro atoms. The number of hydrogen-bond donors (Lipinski definition) is 6. The number of fused-ring (bicyclic) bond motifs is 5. The van der Waals surface area contributed by atoms with Crippen LogP contribution in [0.5, 0.6) is 0 Å². The summed E-state index contributed by atoms with van der Waals surface area (Å²) in [6, 6.07) is 20.8. The molecular weight excluding hydrogens is 758 g/mol. The first kappa shape index (κ1) is 40.7. The highest BCUT2D eigenvalue weighted by Crippen LogP contribution is 2.63. The molecule has 1 saturated heterocycles. The van der Waals surface area contributed by atoms with Crippen LogP contribution in [0, 0.1) is 16.7 Å². The number of carbonyl (C=O) groups excluding carboxylic acids is 4. The van der Waals surface area contributed by atoms with E-state index >= 15 is 0 Å². The molecule has 4 aliphatic rings. The molecule has 3 fully saturated rings. The Morgan fingerprint density at radius 2 is 1.51 bits per heavy atom. The van der Waals surface area contributed by atoms with Crippen molar-refractivity contribution in [3.8, 4) is 0 Å². The van der Waals surface area contributed by atoms with Crippen molar-refractivity contribution in [2.75, 3.05) is 6.61 Å². The minimum Gasteiger partial charge on any atom is -0.456 e. The van der Waals surface area contributed by atoms with E-state index in [2.05, 4.69) is 5.32 Å². The molecule has 3 aliphatic carbocycles. The Balaban J connectivity index is 1.30. The second-order valence-electron chi connectivity index (χ2n) is 16.4. The van der Waals surface area contributed by atoms with Crippen molar-refractivity contribution in [3.05, 3.63) is 118 Å². The van der Waals surface area contributed by atoms with Gasteiger partial charge in [-0.2, -0.15) is 0 Å². The number of esters is 2. The Bertz CT molecular complexity index is 2090. The fourth-order valence-corrected chi connectivity index (χ4v) is 9.68. The van der Waals surface area contributed by atoms with Crippen molar-refractivity contribution in [2.45, 2.75) is 94.4 Å². The number of halogens is 1. The van der Waals surface area contributed by atoms with E-state index in [1.807, 2.05) is 0 Å². The molecule has 13 nitrogen and oxygen atoms in total. The number of benzene rings is 3. The topological polar surface area (TPSA) is 209 Å². The zero-order valence-electron chi connectivity index (χ0n) is 31.8. The van der Waals surface area contributed by atoms with Crippen LogP contribution in [0.2, 0.25) is 5.02 Å². The van der Waals surface area contributed by atoms with Gasteiger partial charge in [-0.25, -0.2) is 9.59 Å². The summed E-state index contributed by atoms with van der Waals surface area (Å²) in [6.07, 6.45) is -10.4. The molecule has 14 heteroatoms. The predicted octanol–water partition coefficient (Wildman–Crippen LogP) is 3.25. The van der Waals surface area contributed by atoms with Gasteiger partial charge in [0.05, 0.1) is 35.8 Å². The maximum Gasteiger partial charge on any atom is 0.338 e.